The molecule has 0 bridgehead atoms. The standard InChI is InChI=1S/C13H13ClN4O/c1-17-6-7-18(8-11(17)19)13-10-5-3-2-4-9(10)12(14)15-16-13/h2-5H,6-8H2,1H3. The van der Waals surface area contributed by atoms with E-state index in [-0.39, 0.29) is 5.91 Å². The second-order valence-electron chi connectivity index (χ2n) is 4.60. The van der Waals surface area contributed by atoms with Gasteiger partial charge in [0.2, 0.25) is 5.91 Å². The molecule has 0 radical (unpaired) electrons. The summed E-state index contributed by atoms with van der Waals surface area (Å²) in [6, 6.07) is 7.71. The molecule has 5 nitrogen and oxygen atoms in total. The van der Waals surface area contributed by atoms with Gasteiger partial charge in [-0.1, -0.05) is 35.9 Å². The quantitative estimate of drug-likeness (QED) is 0.793. The number of aromatic nitrogens is 2. The van der Waals surface area contributed by atoms with Gasteiger partial charge in [0.05, 0.1) is 6.54 Å². The number of halogens is 1. The van der Waals surface area contributed by atoms with Gasteiger partial charge in [-0.05, 0) is 0 Å². The van der Waals surface area contributed by atoms with Crippen molar-refractivity contribution in [3.05, 3.63) is 29.4 Å². The molecule has 2 aromatic rings. The summed E-state index contributed by atoms with van der Waals surface area (Å²) in [6.45, 7) is 1.77. The molecule has 1 amide bonds. The van der Waals surface area contributed by atoms with Crippen LogP contribution in [0, 0.1) is 0 Å². The lowest BCUT2D eigenvalue weighted by Crippen LogP contribution is -2.49. The molecule has 0 atom stereocenters. The molecular formula is C13H13ClN4O. The van der Waals surface area contributed by atoms with Crippen molar-refractivity contribution in [3.63, 3.8) is 0 Å². The SMILES string of the molecule is CN1CCN(c2nnc(Cl)c3ccccc23)CC1=O. The second-order valence-corrected chi connectivity index (χ2v) is 4.95. The summed E-state index contributed by atoms with van der Waals surface area (Å²) in [5.74, 6) is 0.813. The van der Waals surface area contributed by atoms with Crippen molar-refractivity contribution in [2.24, 2.45) is 0 Å². The summed E-state index contributed by atoms with van der Waals surface area (Å²) >= 11 is 6.05. The molecule has 1 aliphatic heterocycles. The normalized spacial score (nSPS) is 16.2. The molecule has 3 rings (SSSR count). The first-order valence-corrected chi connectivity index (χ1v) is 6.44. The van der Waals surface area contributed by atoms with Gasteiger partial charge in [-0.3, -0.25) is 4.79 Å². The maximum atomic E-state index is 11.8. The average molecular weight is 277 g/mol. The van der Waals surface area contributed by atoms with Gasteiger partial charge in [0.15, 0.2) is 11.0 Å². The van der Waals surface area contributed by atoms with Crippen LogP contribution in [0.15, 0.2) is 24.3 Å². The van der Waals surface area contributed by atoms with Gasteiger partial charge >= 0.3 is 0 Å². The van der Waals surface area contributed by atoms with Crippen LogP contribution >= 0.6 is 11.6 Å². The summed E-state index contributed by atoms with van der Waals surface area (Å²) in [4.78, 5) is 15.5. The number of piperazine rings is 1. The van der Waals surface area contributed by atoms with E-state index in [1.165, 1.54) is 0 Å². The highest BCUT2D eigenvalue weighted by molar-refractivity contribution is 6.34. The van der Waals surface area contributed by atoms with Gasteiger partial charge in [0.25, 0.3) is 0 Å². The van der Waals surface area contributed by atoms with Crippen LogP contribution in [-0.4, -0.2) is 47.7 Å². The predicted octanol–water partition coefficient (Wildman–Crippen LogP) is 1.56. The Kier molecular flexibility index (Phi) is 2.98. The maximum absolute atomic E-state index is 11.8. The molecule has 1 aromatic heterocycles. The topological polar surface area (TPSA) is 49.3 Å². The van der Waals surface area contributed by atoms with E-state index in [9.17, 15) is 4.79 Å². The number of hydrogen-bond donors (Lipinski definition) is 0. The number of likely N-dealkylation sites (N-methyl/N-ethyl adjacent to an activating group) is 1. The van der Waals surface area contributed by atoms with Crippen LogP contribution in [0.3, 0.4) is 0 Å². The maximum Gasteiger partial charge on any atom is 0.241 e. The minimum Gasteiger partial charge on any atom is -0.344 e. The first-order valence-electron chi connectivity index (χ1n) is 6.06. The van der Waals surface area contributed by atoms with Crippen molar-refractivity contribution in [1.82, 2.24) is 15.1 Å². The smallest absolute Gasteiger partial charge is 0.241 e. The Morgan fingerprint density at radius 1 is 1.16 bits per heavy atom. The van der Waals surface area contributed by atoms with E-state index < -0.39 is 0 Å². The Balaban J connectivity index is 2.06. The zero-order valence-electron chi connectivity index (χ0n) is 10.5. The number of benzene rings is 1. The van der Waals surface area contributed by atoms with Crippen molar-refractivity contribution in [2.45, 2.75) is 0 Å². The van der Waals surface area contributed by atoms with Crippen LogP contribution in [0.2, 0.25) is 5.15 Å². The van der Waals surface area contributed by atoms with Gasteiger partial charge < -0.3 is 9.80 Å². The van der Waals surface area contributed by atoms with Crippen molar-refractivity contribution in [1.29, 1.82) is 0 Å². The van der Waals surface area contributed by atoms with Crippen LogP contribution in [0.1, 0.15) is 0 Å². The van der Waals surface area contributed by atoms with Crippen molar-refractivity contribution >= 4 is 34.1 Å². The van der Waals surface area contributed by atoms with E-state index in [1.807, 2.05) is 36.2 Å². The highest BCUT2D eigenvalue weighted by Crippen LogP contribution is 2.28. The lowest BCUT2D eigenvalue weighted by Gasteiger charge is -2.32. The molecule has 1 aromatic carbocycles. The number of nitrogens with zero attached hydrogens (tertiary/aromatic N) is 4. The van der Waals surface area contributed by atoms with Crippen LogP contribution in [0.4, 0.5) is 5.82 Å². The average Bonchev–Trinajstić information content (AvgIpc) is 2.43. The molecule has 0 saturated carbocycles. The van der Waals surface area contributed by atoms with E-state index in [1.54, 1.807) is 4.90 Å². The number of anilines is 1. The Morgan fingerprint density at radius 3 is 2.63 bits per heavy atom. The van der Waals surface area contributed by atoms with Crippen LogP contribution in [0.25, 0.3) is 10.8 Å². The largest absolute Gasteiger partial charge is 0.344 e. The lowest BCUT2D eigenvalue weighted by atomic mass is 10.1. The molecule has 1 fully saturated rings. The van der Waals surface area contributed by atoms with Gasteiger partial charge in [0, 0.05) is 30.9 Å². The van der Waals surface area contributed by atoms with Crippen molar-refractivity contribution in [2.75, 3.05) is 31.6 Å². The Bertz CT molecular complexity index is 646. The van der Waals surface area contributed by atoms with E-state index >= 15 is 0 Å². The van der Waals surface area contributed by atoms with E-state index in [0.717, 1.165) is 23.1 Å². The number of amides is 1. The summed E-state index contributed by atoms with van der Waals surface area (Å²) in [6.07, 6.45) is 0. The Labute approximate surface area is 115 Å². The van der Waals surface area contributed by atoms with E-state index in [2.05, 4.69) is 10.2 Å². The lowest BCUT2D eigenvalue weighted by molar-refractivity contribution is -0.129. The second kappa shape index (κ2) is 4.66. The third-order valence-electron chi connectivity index (χ3n) is 3.38. The first-order chi connectivity index (χ1) is 9.16. The third kappa shape index (κ3) is 2.10. The monoisotopic (exact) mass is 276 g/mol. The molecule has 0 spiro atoms. The number of hydrogen-bond acceptors (Lipinski definition) is 4. The van der Waals surface area contributed by atoms with Crippen molar-refractivity contribution < 1.29 is 4.79 Å². The molecule has 0 N–H and O–H groups in total. The highest BCUT2D eigenvalue weighted by atomic mass is 35.5. The molecule has 1 saturated heterocycles. The minimum atomic E-state index is 0.0899. The summed E-state index contributed by atoms with van der Waals surface area (Å²) in [5.41, 5.74) is 0. The number of rotatable bonds is 1. The highest BCUT2D eigenvalue weighted by Gasteiger charge is 2.24. The number of fused-ring (bicyclic) bond motifs is 1. The molecule has 6 heteroatoms. The molecule has 19 heavy (non-hydrogen) atoms. The fraction of sp³-hybridized carbons (Fsp3) is 0.308. The number of carbonyl (C=O) groups excluding carboxylic acids is 1. The summed E-state index contributed by atoms with van der Waals surface area (Å²) < 4.78 is 0. The summed E-state index contributed by atoms with van der Waals surface area (Å²) in [7, 11) is 1.81. The first kappa shape index (κ1) is 12.2. The van der Waals surface area contributed by atoms with E-state index in [4.69, 9.17) is 11.6 Å². The van der Waals surface area contributed by atoms with Crippen LogP contribution in [-0.2, 0) is 4.79 Å². The van der Waals surface area contributed by atoms with Crippen LogP contribution in [0.5, 0.6) is 0 Å². The Hall–Kier alpha value is -1.88. The molecule has 1 aliphatic rings. The predicted molar refractivity (Wildman–Crippen MR) is 74.4 cm³/mol. The van der Waals surface area contributed by atoms with Crippen molar-refractivity contribution in [3.8, 4) is 0 Å². The zero-order chi connectivity index (χ0) is 13.4. The zero-order valence-corrected chi connectivity index (χ0v) is 11.3. The molecule has 98 valence electrons. The minimum absolute atomic E-state index is 0.0899. The van der Waals surface area contributed by atoms with Gasteiger partial charge in [-0.15, -0.1) is 10.2 Å². The fourth-order valence-electron chi connectivity index (χ4n) is 2.23. The molecule has 0 unspecified atom stereocenters. The summed E-state index contributed by atoms with van der Waals surface area (Å²) in [5, 5.41) is 10.3. The molecule has 0 aliphatic carbocycles. The Morgan fingerprint density at radius 2 is 1.89 bits per heavy atom. The van der Waals surface area contributed by atoms with Gasteiger partial charge in [-0.25, -0.2) is 0 Å². The third-order valence-corrected chi connectivity index (χ3v) is 3.66. The molecule has 2 heterocycles. The number of carbonyl (C=O) groups is 1. The van der Waals surface area contributed by atoms with E-state index in [0.29, 0.717) is 18.2 Å². The van der Waals surface area contributed by atoms with Gasteiger partial charge in [0.1, 0.15) is 0 Å². The molecular weight excluding hydrogens is 264 g/mol. The van der Waals surface area contributed by atoms with Gasteiger partial charge in [-0.2, -0.15) is 0 Å². The fourth-order valence-corrected chi connectivity index (χ4v) is 2.43. The van der Waals surface area contributed by atoms with Crippen LogP contribution < -0.4 is 4.90 Å².